The second-order valence-electron chi connectivity index (χ2n) is 5.16. The molecular weight excluding hydrogens is 332 g/mol. The van der Waals surface area contributed by atoms with Crippen LogP contribution in [0, 0.1) is 11.6 Å². The van der Waals surface area contributed by atoms with Gasteiger partial charge in [0, 0.05) is 12.1 Å². The van der Waals surface area contributed by atoms with E-state index >= 15 is 0 Å². The molecule has 0 spiro atoms. The molecule has 0 saturated heterocycles. The summed E-state index contributed by atoms with van der Waals surface area (Å²) >= 11 is 0. The summed E-state index contributed by atoms with van der Waals surface area (Å²) in [6.07, 6.45) is 3.03. The highest BCUT2D eigenvalue weighted by molar-refractivity contribution is 5.91. The number of rotatable bonds is 6. The molecule has 0 aliphatic carbocycles. The molecule has 130 valence electrons. The minimum absolute atomic E-state index is 0.134. The van der Waals surface area contributed by atoms with E-state index in [-0.39, 0.29) is 31.6 Å². The van der Waals surface area contributed by atoms with Crippen LogP contribution in [-0.2, 0) is 4.79 Å². The fourth-order valence-corrected chi connectivity index (χ4v) is 2.16. The van der Waals surface area contributed by atoms with E-state index in [4.69, 9.17) is 14.2 Å². The maximum atomic E-state index is 13.0. The van der Waals surface area contributed by atoms with Crippen LogP contribution in [0.15, 0.2) is 42.5 Å². The van der Waals surface area contributed by atoms with E-state index in [0.29, 0.717) is 11.5 Å². The van der Waals surface area contributed by atoms with Crippen LogP contribution in [0.3, 0.4) is 0 Å². The molecule has 2 aromatic rings. The molecule has 0 radical (unpaired) electrons. The summed E-state index contributed by atoms with van der Waals surface area (Å²) in [5, 5.41) is 2.63. The zero-order valence-corrected chi connectivity index (χ0v) is 13.1. The van der Waals surface area contributed by atoms with Gasteiger partial charge in [-0.1, -0.05) is 6.07 Å². The van der Waals surface area contributed by atoms with E-state index in [2.05, 4.69) is 5.32 Å². The Kier molecular flexibility index (Phi) is 5.13. The van der Waals surface area contributed by atoms with Crippen molar-refractivity contribution >= 4 is 12.0 Å². The number of fused-ring (bicyclic) bond motifs is 1. The molecule has 2 aromatic carbocycles. The van der Waals surface area contributed by atoms with Crippen molar-refractivity contribution in [1.82, 2.24) is 5.32 Å². The summed E-state index contributed by atoms with van der Waals surface area (Å²) in [6, 6.07) is 8.62. The number of hydrogen-bond acceptors (Lipinski definition) is 4. The average molecular weight is 347 g/mol. The van der Waals surface area contributed by atoms with E-state index in [1.54, 1.807) is 18.2 Å². The Bertz CT molecular complexity index is 808. The van der Waals surface area contributed by atoms with Crippen LogP contribution in [-0.4, -0.2) is 25.9 Å². The summed E-state index contributed by atoms with van der Waals surface area (Å²) in [5.41, 5.74) is 0.803. The first-order chi connectivity index (χ1) is 12.1. The zero-order chi connectivity index (χ0) is 17.6. The van der Waals surface area contributed by atoms with Gasteiger partial charge in [-0.15, -0.1) is 0 Å². The molecule has 0 bridgehead atoms. The predicted octanol–water partition coefficient (Wildman–Crippen LogP) is 2.90. The minimum Gasteiger partial charge on any atom is -0.492 e. The number of hydrogen-bond donors (Lipinski definition) is 1. The molecule has 1 aliphatic rings. The predicted molar refractivity (Wildman–Crippen MR) is 86.5 cm³/mol. The maximum Gasteiger partial charge on any atom is 0.244 e. The summed E-state index contributed by atoms with van der Waals surface area (Å²) in [7, 11) is 0. The number of amides is 1. The standard InChI is InChI=1S/C18H15F2NO4/c19-14-4-3-13(10-15(14)20)23-8-7-21-18(22)6-2-12-1-5-16-17(9-12)25-11-24-16/h1-6,9-10H,7-8,11H2,(H,21,22)/b6-2+. The maximum absolute atomic E-state index is 13.0. The molecule has 25 heavy (non-hydrogen) atoms. The number of nitrogens with one attached hydrogen (secondary N) is 1. The molecule has 1 N–H and O–H groups in total. The highest BCUT2D eigenvalue weighted by Crippen LogP contribution is 2.32. The molecule has 1 aliphatic heterocycles. The third kappa shape index (κ3) is 4.47. The van der Waals surface area contributed by atoms with Crippen LogP contribution in [0.2, 0.25) is 0 Å². The Morgan fingerprint density at radius 3 is 2.80 bits per heavy atom. The lowest BCUT2D eigenvalue weighted by Crippen LogP contribution is -2.26. The lowest BCUT2D eigenvalue weighted by Gasteiger charge is -2.06. The number of carbonyl (C=O) groups is 1. The fourth-order valence-electron chi connectivity index (χ4n) is 2.16. The van der Waals surface area contributed by atoms with Gasteiger partial charge in [0.15, 0.2) is 23.1 Å². The highest BCUT2D eigenvalue weighted by Gasteiger charge is 2.12. The Hall–Kier alpha value is -3.09. The number of carbonyl (C=O) groups excluding carboxylic acids is 1. The average Bonchev–Trinajstić information content (AvgIpc) is 3.07. The summed E-state index contributed by atoms with van der Waals surface area (Å²) in [4.78, 5) is 11.7. The van der Waals surface area contributed by atoms with Gasteiger partial charge in [-0.05, 0) is 35.9 Å². The molecule has 1 amide bonds. The highest BCUT2D eigenvalue weighted by atomic mass is 19.2. The second kappa shape index (κ2) is 7.65. The van der Waals surface area contributed by atoms with E-state index < -0.39 is 11.6 Å². The third-order valence-electron chi connectivity index (χ3n) is 3.38. The molecule has 0 fully saturated rings. The molecule has 0 unspecified atom stereocenters. The summed E-state index contributed by atoms with van der Waals surface area (Å²) in [5.74, 6) is -0.698. The molecule has 5 nitrogen and oxygen atoms in total. The Labute approximate surface area is 142 Å². The van der Waals surface area contributed by atoms with Crippen LogP contribution in [0.4, 0.5) is 8.78 Å². The topological polar surface area (TPSA) is 56.8 Å². The van der Waals surface area contributed by atoms with Gasteiger partial charge in [-0.2, -0.15) is 0 Å². The Balaban J connectivity index is 1.42. The van der Waals surface area contributed by atoms with Crippen molar-refractivity contribution in [3.8, 4) is 17.2 Å². The SMILES string of the molecule is O=C(/C=C/c1ccc2c(c1)OCO2)NCCOc1ccc(F)c(F)c1. The quantitative estimate of drug-likeness (QED) is 0.645. The van der Waals surface area contributed by atoms with Crippen LogP contribution < -0.4 is 19.5 Å². The van der Waals surface area contributed by atoms with Gasteiger partial charge in [-0.3, -0.25) is 4.79 Å². The van der Waals surface area contributed by atoms with Crippen LogP contribution >= 0.6 is 0 Å². The largest absolute Gasteiger partial charge is 0.492 e. The monoisotopic (exact) mass is 347 g/mol. The van der Waals surface area contributed by atoms with Crippen molar-refractivity contribution in [2.45, 2.75) is 0 Å². The number of halogens is 2. The van der Waals surface area contributed by atoms with Crippen molar-refractivity contribution in [1.29, 1.82) is 0 Å². The van der Waals surface area contributed by atoms with E-state index in [1.807, 2.05) is 6.07 Å². The molecular formula is C18H15F2NO4. The van der Waals surface area contributed by atoms with E-state index in [1.165, 1.54) is 12.1 Å². The first-order valence-electron chi connectivity index (χ1n) is 7.55. The van der Waals surface area contributed by atoms with Crippen LogP contribution in [0.1, 0.15) is 5.56 Å². The Morgan fingerprint density at radius 2 is 1.96 bits per heavy atom. The van der Waals surface area contributed by atoms with Crippen molar-refractivity contribution in [2.24, 2.45) is 0 Å². The molecule has 0 aromatic heterocycles. The minimum atomic E-state index is -0.979. The van der Waals surface area contributed by atoms with E-state index in [0.717, 1.165) is 17.7 Å². The van der Waals surface area contributed by atoms with Crippen molar-refractivity contribution < 1.29 is 27.8 Å². The van der Waals surface area contributed by atoms with Crippen LogP contribution in [0.25, 0.3) is 6.08 Å². The van der Waals surface area contributed by atoms with Gasteiger partial charge in [0.1, 0.15) is 12.4 Å². The molecule has 1 heterocycles. The summed E-state index contributed by atoms with van der Waals surface area (Å²) in [6.45, 7) is 0.554. The smallest absolute Gasteiger partial charge is 0.244 e. The lowest BCUT2D eigenvalue weighted by atomic mass is 10.2. The number of ether oxygens (including phenoxy) is 3. The van der Waals surface area contributed by atoms with E-state index in [9.17, 15) is 13.6 Å². The molecule has 0 saturated carbocycles. The van der Waals surface area contributed by atoms with Gasteiger partial charge in [0.2, 0.25) is 12.7 Å². The van der Waals surface area contributed by atoms with Gasteiger partial charge >= 0.3 is 0 Å². The second-order valence-corrected chi connectivity index (χ2v) is 5.16. The Morgan fingerprint density at radius 1 is 1.12 bits per heavy atom. The first-order valence-corrected chi connectivity index (χ1v) is 7.55. The van der Waals surface area contributed by atoms with Gasteiger partial charge in [0.25, 0.3) is 0 Å². The lowest BCUT2D eigenvalue weighted by molar-refractivity contribution is -0.116. The van der Waals surface area contributed by atoms with Gasteiger partial charge in [0.05, 0.1) is 6.54 Å². The normalized spacial score (nSPS) is 12.4. The summed E-state index contributed by atoms with van der Waals surface area (Å²) < 4.78 is 41.5. The fraction of sp³-hybridized carbons (Fsp3) is 0.167. The van der Waals surface area contributed by atoms with Gasteiger partial charge < -0.3 is 19.5 Å². The van der Waals surface area contributed by atoms with Crippen LogP contribution in [0.5, 0.6) is 17.2 Å². The van der Waals surface area contributed by atoms with Crippen molar-refractivity contribution in [3.63, 3.8) is 0 Å². The zero-order valence-electron chi connectivity index (χ0n) is 13.1. The first kappa shape index (κ1) is 16.8. The number of benzene rings is 2. The third-order valence-corrected chi connectivity index (χ3v) is 3.38. The van der Waals surface area contributed by atoms with Crippen molar-refractivity contribution in [2.75, 3.05) is 19.9 Å². The molecule has 0 atom stereocenters. The van der Waals surface area contributed by atoms with Gasteiger partial charge in [-0.25, -0.2) is 8.78 Å². The molecule has 3 rings (SSSR count). The van der Waals surface area contributed by atoms with Crippen molar-refractivity contribution in [3.05, 3.63) is 59.7 Å². The molecule has 7 heteroatoms.